The number of carbonyl (C=O) groups excluding carboxylic acids is 1. The van der Waals surface area contributed by atoms with E-state index in [1.165, 1.54) is 23.5 Å². The predicted molar refractivity (Wildman–Crippen MR) is 111 cm³/mol. The highest BCUT2D eigenvalue weighted by Crippen LogP contribution is 2.24. The normalized spacial score (nSPS) is 12.5. The number of fused-ring (bicyclic) bond motifs is 1. The number of carbonyl (C=O) groups is 1. The Kier molecular flexibility index (Phi) is 6.00. The molecule has 0 aliphatic heterocycles. The molecule has 0 bridgehead atoms. The van der Waals surface area contributed by atoms with E-state index in [-0.39, 0.29) is 16.2 Å². The summed E-state index contributed by atoms with van der Waals surface area (Å²) in [7, 11) is -3.52. The van der Waals surface area contributed by atoms with Gasteiger partial charge < -0.3 is 9.30 Å². The highest BCUT2D eigenvalue weighted by Gasteiger charge is 2.20. The number of ether oxygens (including phenoxy) is 1. The summed E-state index contributed by atoms with van der Waals surface area (Å²) in [5.74, 6) is 0.123. The van der Waals surface area contributed by atoms with Gasteiger partial charge in [0, 0.05) is 6.54 Å². The zero-order valence-corrected chi connectivity index (χ0v) is 17.6. The molecule has 3 aromatic rings. The van der Waals surface area contributed by atoms with E-state index in [4.69, 9.17) is 4.74 Å². The van der Waals surface area contributed by atoms with Crippen LogP contribution < -0.4 is 9.54 Å². The van der Waals surface area contributed by atoms with Gasteiger partial charge in [-0.2, -0.15) is 4.99 Å². The number of hydrogen-bond acceptors (Lipinski definition) is 5. The summed E-state index contributed by atoms with van der Waals surface area (Å²) in [4.78, 5) is 17.7. The summed E-state index contributed by atoms with van der Waals surface area (Å²) in [5.41, 5.74) is 1.05. The first-order valence-electron chi connectivity index (χ1n) is 9.08. The maximum Gasteiger partial charge on any atom is 0.280 e. The number of benzene rings is 2. The largest absolute Gasteiger partial charge is 0.494 e. The number of sulfone groups is 1. The van der Waals surface area contributed by atoms with Gasteiger partial charge in [-0.3, -0.25) is 4.79 Å². The van der Waals surface area contributed by atoms with E-state index in [0.717, 1.165) is 16.0 Å². The second-order valence-electron chi connectivity index (χ2n) is 6.01. The van der Waals surface area contributed by atoms with E-state index in [1.54, 1.807) is 19.1 Å². The van der Waals surface area contributed by atoms with Crippen molar-refractivity contribution in [2.24, 2.45) is 4.99 Å². The van der Waals surface area contributed by atoms with Crippen LogP contribution in [-0.2, 0) is 16.4 Å². The molecule has 0 radical (unpaired) electrons. The fraction of sp³-hybridized carbons (Fsp3) is 0.300. The van der Waals surface area contributed by atoms with Crippen molar-refractivity contribution in [3.63, 3.8) is 0 Å². The summed E-state index contributed by atoms with van der Waals surface area (Å²) in [6.07, 6.45) is 0. The molecule has 0 atom stereocenters. The van der Waals surface area contributed by atoms with Gasteiger partial charge >= 0.3 is 0 Å². The smallest absolute Gasteiger partial charge is 0.280 e. The van der Waals surface area contributed by atoms with E-state index in [2.05, 4.69) is 4.99 Å². The van der Waals surface area contributed by atoms with Gasteiger partial charge in [0.1, 0.15) is 5.75 Å². The van der Waals surface area contributed by atoms with Crippen LogP contribution in [0.15, 0.2) is 52.4 Å². The first kappa shape index (κ1) is 20.3. The van der Waals surface area contributed by atoms with Crippen LogP contribution in [0.3, 0.4) is 0 Å². The van der Waals surface area contributed by atoms with Crippen LogP contribution in [0, 0.1) is 0 Å². The van der Waals surface area contributed by atoms with Crippen LogP contribution in [0.1, 0.15) is 31.1 Å². The molecule has 0 spiro atoms. The maximum atomic E-state index is 12.8. The number of rotatable bonds is 6. The molecule has 28 heavy (non-hydrogen) atoms. The lowest BCUT2D eigenvalue weighted by molar-refractivity contribution is 0.0994. The van der Waals surface area contributed by atoms with Crippen molar-refractivity contribution >= 4 is 37.3 Å². The average Bonchev–Trinajstić information content (AvgIpc) is 3.04. The SMILES string of the molecule is CCOc1ccc2c(c1)sc(=NC(=O)c1ccccc1S(=O)(=O)CC)n2CC. The third-order valence-electron chi connectivity index (χ3n) is 4.31. The lowest BCUT2D eigenvalue weighted by Crippen LogP contribution is -2.17. The van der Waals surface area contributed by atoms with Crippen LogP contribution in [0.2, 0.25) is 0 Å². The third kappa shape index (κ3) is 3.88. The minimum Gasteiger partial charge on any atom is -0.494 e. The van der Waals surface area contributed by atoms with Crippen molar-refractivity contribution in [3.8, 4) is 5.75 Å². The van der Waals surface area contributed by atoms with Gasteiger partial charge in [-0.15, -0.1) is 0 Å². The van der Waals surface area contributed by atoms with Crippen molar-refractivity contribution < 1.29 is 17.9 Å². The zero-order valence-electron chi connectivity index (χ0n) is 16.0. The summed E-state index contributed by atoms with van der Waals surface area (Å²) in [5, 5.41) is 0. The lowest BCUT2D eigenvalue weighted by atomic mass is 10.2. The van der Waals surface area contributed by atoms with Gasteiger partial charge in [0.15, 0.2) is 14.6 Å². The van der Waals surface area contributed by atoms with Crippen LogP contribution in [-0.4, -0.2) is 31.3 Å². The Labute approximate surface area is 168 Å². The summed E-state index contributed by atoms with van der Waals surface area (Å²) in [6.45, 7) is 6.66. The molecule has 148 valence electrons. The predicted octanol–water partition coefficient (Wildman–Crippen LogP) is 3.66. The van der Waals surface area contributed by atoms with Gasteiger partial charge in [0.05, 0.1) is 33.0 Å². The molecule has 8 heteroatoms. The molecule has 0 N–H and O–H groups in total. The Bertz CT molecular complexity index is 1190. The number of thiazole rings is 1. The molecule has 2 aromatic carbocycles. The average molecular weight is 419 g/mol. The molecule has 0 aliphatic rings. The second-order valence-corrected chi connectivity index (χ2v) is 9.26. The third-order valence-corrected chi connectivity index (χ3v) is 7.14. The summed E-state index contributed by atoms with van der Waals surface area (Å²) < 4.78 is 33.1. The van der Waals surface area contributed by atoms with E-state index in [9.17, 15) is 13.2 Å². The van der Waals surface area contributed by atoms with Crippen molar-refractivity contribution in [2.75, 3.05) is 12.4 Å². The highest BCUT2D eigenvalue weighted by atomic mass is 32.2. The monoisotopic (exact) mass is 418 g/mol. The molecular formula is C20H22N2O4S2. The van der Waals surface area contributed by atoms with Gasteiger partial charge in [0.25, 0.3) is 5.91 Å². The van der Waals surface area contributed by atoms with Crippen molar-refractivity contribution in [1.29, 1.82) is 0 Å². The number of aromatic nitrogens is 1. The number of nitrogens with zero attached hydrogens (tertiary/aromatic N) is 2. The fourth-order valence-electron chi connectivity index (χ4n) is 2.92. The van der Waals surface area contributed by atoms with Crippen LogP contribution in [0.25, 0.3) is 10.2 Å². The molecule has 1 heterocycles. The quantitative estimate of drug-likeness (QED) is 0.612. The van der Waals surface area contributed by atoms with E-state index >= 15 is 0 Å². The van der Waals surface area contributed by atoms with Crippen LogP contribution in [0.4, 0.5) is 0 Å². The molecule has 1 amide bonds. The fourth-order valence-corrected chi connectivity index (χ4v) is 5.13. The Morgan fingerprint density at radius 1 is 1.14 bits per heavy atom. The second kappa shape index (κ2) is 8.28. The Balaban J connectivity index is 2.14. The minimum absolute atomic E-state index is 0.0223. The molecule has 0 fully saturated rings. The van der Waals surface area contributed by atoms with E-state index in [1.807, 2.05) is 36.6 Å². The van der Waals surface area contributed by atoms with Crippen molar-refractivity contribution in [2.45, 2.75) is 32.2 Å². The summed E-state index contributed by atoms with van der Waals surface area (Å²) >= 11 is 1.38. The first-order chi connectivity index (χ1) is 13.4. The molecule has 0 saturated carbocycles. The van der Waals surface area contributed by atoms with Crippen LogP contribution in [0.5, 0.6) is 5.75 Å². The Hall–Kier alpha value is -2.45. The van der Waals surface area contributed by atoms with Gasteiger partial charge in [-0.1, -0.05) is 30.4 Å². The Morgan fingerprint density at radius 3 is 2.57 bits per heavy atom. The molecule has 3 rings (SSSR count). The van der Waals surface area contributed by atoms with E-state index < -0.39 is 15.7 Å². The van der Waals surface area contributed by atoms with Gasteiger partial charge in [-0.25, -0.2) is 8.42 Å². The highest BCUT2D eigenvalue weighted by molar-refractivity contribution is 7.91. The van der Waals surface area contributed by atoms with Gasteiger partial charge in [-0.05, 0) is 44.2 Å². The lowest BCUT2D eigenvalue weighted by Gasteiger charge is -2.06. The number of aryl methyl sites for hydroxylation is 1. The minimum atomic E-state index is -3.52. The standard InChI is InChI=1S/C20H22N2O4S2/c1-4-22-16-12-11-14(26-5-2)13-17(16)27-20(22)21-19(23)15-9-7-8-10-18(15)28(24,25)6-3/h7-13H,4-6H2,1-3H3. The maximum absolute atomic E-state index is 12.8. The van der Waals surface area contributed by atoms with E-state index in [0.29, 0.717) is 18.0 Å². The number of hydrogen-bond donors (Lipinski definition) is 0. The molecule has 0 unspecified atom stereocenters. The zero-order chi connectivity index (χ0) is 20.3. The van der Waals surface area contributed by atoms with Gasteiger partial charge in [0.2, 0.25) is 0 Å². The topological polar surface area (TPSA) is 77.7 Å². The first-order valence-corrected chi connectivity index (χ1v) is 11.5. The Morgan fingerprint density at radius 2 is 1.89 bits per heavy atom. The molecule has 0 saturated heterocycles. The summed E-state index contributed by atoms with van der Waals surface area (Å²) in [6, 6.07) is 12.0. The van der Waals surface area contributed by atoms with Crippen molar-refractivity contribution in [1.82, 2.24) is 4.57 Å². The molecule has 6 nitrogen and oxygen atoms in total. The molecule has 0 aliphatic carbocycles. The molecular weight excluding hydrogens is 396 g/mol. The molecule has 1 aromatic heterocycles. The van der Waals surface area contributed by atoms with Crippen LogP contribution >= 0.6 is 11.3 Å². The number of amides is 1. The van der Waals surface area contributed by atoms with Crippen molar-refractivity contribution in [3.05, 3.63) is 52.8 Å².